The molecule has 3 aromatic heterocycles. The van der Waals surface area contributed by atoms with Crippen molar-refractivity contribution in [3.63, 3.8) is 0 Å². The van der Waals surface area contributed by atoms with Crippen LogP contribution in [0.3, 0.4) is 0 Å². The molecule has 0 bridgehead atoms. The van der Waals surface area contributed by atoms with E-state index in [1.54, 1.807) is 17.1 Å². The summed E-state index contributed by atoms with van der Waals surface area (Å²) in [6.45, 7) is 1.24. The molecule has 144 valence electrons. The fourth-order valence-electron chi connectivity index (χ4n) is 4.62. The van der Waals surface area contributed by atoms with E-state index in [9.17, 15) is 9.59 Å². The third-order valence-corrected chi connectivity index (χ3v) is 6.24. The number of nitrogens with two attached hydrogens (primary N) is 1. The van der Waals surface area contributed by atoms with Crippen LogP contribution in [-0.4, -0.2) is 48.6 Å². The van der Waals surface area contributed by atoms with Crippen molar-refractivity contribution in [2.75, 3.05) is 18.8 Å². The van der Waals surface area contributed by atoms with Gasteiger partial charge in [-0.3, -0.25) is 24.2 Å². The Morgan fingerprint density at radius 1 is 1.25 bits per heavy atom. The Kier molecular flexibility index (Phi) is 3.55. The number of aromatic nitrogens is 5. The molecule has 0 radical (unpaired) electrons. The van der Waals surface area contributed by atoms with Gasteiger partial charge >= 0.3 is 0 Å². The quantitative estimate of drug-likeness (QED) is 0.643. The smallest absolute Gasteiger partial charge is 0.255 e. The lowest BCUT2D eigenvalue weighted by Crippen LogP contribution is -2.45. The molecule has 0 atom stereocenters. The number of piperidine rings is 1. The number of fused-ring (bicyclic) bond motifs is 3. The van der Waals surface area contributed by atoms with Crippen LogP contribution in [0.5, 0.6) is 0 Å². The first-order chi connectivity index (χ1) is 13.5. The summed E-state index contributed by atoms with van der Waals surface area (Å²) in [6.07, 6.45) is 6.46. The van der Waals surface area contributed by atoms with Crippen LogP contribution in [0.15, 0.2) is 23.3 Å². The van der Waals surface area contributed by atoms with Crippen LogP contribution < -0.4 is 11.3 Å². The van der Waals surface area contributed by atoms with Crippen LogP contribution in [0.2, 0.25) is 0 Å². The third kappa shape index (κ3) is 2.42. The Morgan fingerprint density at radius 2 is 2.04 bits per heavy atom. The van der Waals surface area contributed by atoms with Crippen molar-refractivity contribution in [1.82, 2.24) is 29.6 Å². The lowest BCUT2D eigenvalue weighted by atomic mass is 9.76. The zero-order valence-electron chi connectivity index (χ0n) is 15.6. The van der Waals surface area contributed by atoms with E-state index in [0.29, 0.717) is 25.1 Å². The highest BCUT2D eigenvalue weighted by Gasteiger charge is 2.44. The highest BCUT2D eigenvalue weighted by atomic mass is 16.2. The van der Waals surface area contributed by atoms with E-state index in [1.165, 1.54) is 0 Å². The lowest BCUT2D eigenvalue weighted by Gasteiger charge is -2.39. The maximum absolute atomic E-state index is 13.0. The van der Waals surface area contributed by atoms with Gasteiger partial charge in [-0.05, 0) is 31.7 Å². The summed E-state index contributed by atoms with van der Waals surface area (Å²) >= 11 is 0. The molecule has 1 amide bonds. The van der Waals surface area contributed by atoms with Gasteiger partial charge in [0.15, 0.2) is 0 Å². The van der Waals surface area contributed by atoms with Gasteiger partial charge in [-0.15, -0.1) is 0 Å². The number of nitrogen functional groups attached to an aromatic ring is 1. The Morgan fingerprint density at radius 3 is 2.82 bits per heavy atom. The minimum absolute atomic E-state index is 0.0259. The van der Waals surface area contributed by atoms with E-state index in [2.05, 4.69) is 20.1 Å². The van der Waals surface area contributed by atoms with E-state index in [4.69, 9.17) is 5.73 Å². The first kappa shape index (κ1) is 16.9. The Hall–Kier alpha value is -3.23. The molecule has 1 aliphatic heterocycles. The number of aromatic amines is 1. The molecule has 1 aliphatic carbocycles. The van der Waals surface area contributed by atoms with Gasteiger partial charge in [0, 0.05) is 37.3 Å². The average molecular weight is 379 g/mol. The summed E-state index contributed by atoms with van der Waals surface area (Å²) in [5.74, 6) is 0.140. The first-order valence-electron chi connectivity index (χ1n) is 9.43. The standard InChI is InChI=1S/C19H21N7O2/c1-25-14-8-11(9-21-13(14)10-22-25)17(28)26-6-4-19(5-7-26)3-2-12-15(19)23-18(20)24-16(12)27/h8-10H,2-7H2,1H3,(H3,20,23,24,27). The van der Waals surface area contributed by atoms with Crippen LogP contribution in [0, 0.1) is 0 Å². The molecular formula is C19H21N7O2. The summed E-state index contributed by atoms with van der Waals surface area (Å²) in [5, 5.41) is 4.18. The topological polar surface area (TPSA) is 123 Å². The number of hydrogen-bond donors (Lipinski definition) is 2. The highest BCUT2D eigenvalue weighted by Crippen LogP contribution is 2.44. The number of pyridine rings is 1. The largest absolute Gasteiger partial charge is 0.369 e. The molecule has 1 fully saturated rings. The van der Waals surface area contributed by atoms with Gasteiger partial charge in [-0.1, -0.05) is 0 Å². The number of rotatable bonds is 1. The van der Waals surface area contributed by atoms with Gasteiger partial charge in [-0.25, -0.2) is 4.98 Å². The molecule has 9 nitrogen and oxygen atoms in total. The number of hydrogen-bond acceptors (Lipinski definition) is 6. The van der Waals surface area contributed by atoms with Crippen LogP contribution in [0.4, 0.5) is 5.95 Å². The number of nitrogens with one attached hydrogen (secondary N) is 1. The van der Waals surface area contributed by atoms with Crippen LogP contribution in [0.1, 0.15) is 40.9 Å². The van der Waals surface area contributed by atoms with E-state index in [-0.39, 0.29) is 22.8 Å². The molecule has 4 heterocycles. The summed E-state index contributed by atoms with van der Waals surface area (Å²) in [5.41, 5.74) is 9.25. The van der Waals surface area contributed by atoms with Crippen molar-refractivity contribution in [1.29, 1.82) is 0 Å². The molecule has 0 unspecified atom stereocenters. The highest BCUT2D eigenvalue weighted by molar-refractivity contribution is 5.96. The van der Waals surface area contributed by atoms with Gasteiger partial charge in [0.1, 0.15) is 5.52 Å². The zero-order chi connectivity index (χ0) is 19.5. The number of carbonyl (C=O) groups is 1. The van der Waals surface area contributed by atoms with Gasteiger partial charge in [0.05, 0.1) is 23.0 Å². The maximum Gasteiger partial charge on any atom is 0.255 e. The number of likely N-dealkylation sites (tertiary alicyclic amines) is 1. The van der Waals surface area contributed by atoms with E-state index >= 15 is 0 Å². The second-order valence-corrected chi connectivity index (χ2v) is 7.75. The van der Waals surface area contributed by atoms with Gasteiger partial charge in [-0.2, -0.15) is 5.10 Å². The van der Waals surface area contributed by atoms with Gasteiger partial charge in [0.2, 0.25) is 5.95 Å². The number of amides is 1. The normalized spacial score (nSPS) is 18.0. The molecule has 1 saturated heterocycles. The predicted octanol–water partition coefficient (Wildman–Crippen LogP) is 0.754. The molecule has 3 N–H and O–H groups in total. The maximum atomic E-state index is 13.0. The van der Waals surface area contributed by atoms with Crippen molar-refractivity contribution in [3.05, 3.63) is 45.6 Å². The lowest BCUT2D eigenvalue weighted by molar-refractivity contribution is 0.0663. The van der Waals surface area contributed by atoms with Gasteiger partial charge < -0.3 is 10.6 Å². The molecule has 28 heavy (non-hydrogen) atoms. The van der Waals surface area contributed by atoms with Crippen molar-refractivity contribution < 1.29 is 4.79 Å². The number of carbonyl (C=O) groups excluding carboxylic acids is 1. The van der Waals surface area contributed by atoms with Crippen molar-refractivity contribution in [2.24, 2.45) is 7.05 Å². The molecule has 9 heteroatoms. The molecular weight excluding hydrogens is 358 g/mol. The molecule has 1 spiro atoms. The zero-order valence-corrected chi connectivity index (χ0v) is 15.6. The summed E-state index contributed by atoms with van der Waals surface area (Å²) in [7, 11) is 1.83. The minimum atomic E-state index is -0.154. The van der Waals surface area contributed by atoms with Crippen molar-refractivity contribution >= 4 is 22.9 Å². The molecule has 0 saturated carbocycles. The number of aryl methyl sites for hydroxylation is 1. The Balaban J connectivity index is 1.38. The van der Waals surface area contributed by atoms with E-state index < -0.39 is 0 Å². The SMILES string of the molecule is Cn1ncc2ncc(C(=O)N3CCC4(CCc5c4nc(N)[nH]c5=O)CC3)cc21. The second kappa shape index (κ2) is 5.88. The monoisotopic (exact) mass is 379 g/mol. The average Bonchev–Trinajstić information content (AvgIpc) is 3.23. The van der Waals surface area contributed by atoms with Crippen LogP contribution >= 0.6 is 0 Å². The fourth-order valence-corrected chi connectivity index (χ4v) is 4.62. The van der Waals surface area contributed by atoms with Crippen LogP contribution in [0.25, 0.3) is 11.0 Å². The number of anilines is 1. The Labute approximate surface area is 160 Å². The predicted molar refractivity (Wildman–Crippen MR) is 103 cm³/mol. The number of H-pyrrole nitrogens is 1. The molecule has 3 aromatic rings. The number of nitrogens with zero attached hydrogens (tertiary/aromatic N) is 5. The third-order valence-electron chi connectivity index (χ3n) is 6.24. The van der Waals surface area contributed by atoms with Crippen molar-refractivity contribution in [3.8, 4) is 0 Å². The van der Waals surface area contributed by atoms with Crippen LogP contribution in [-0.2, 0) is 18.9 Å². The van der Waals surface area contributed by atoms with Crippen molar-refractivity contribution in [2.45, 2.75) is 31.1 Å². The molecule has 2 aliphatic rings. The summed E-state index contributed by atoms with van der Waals surface area (Å²) < 4.78 is 1.72. The van der Waals surface area contributed by atoms with E-state index in [1.807, 2.05) is 18.0 Å². The molecule has 5 rings (SSSR count). The van der Waals surface area contributed by atoms with Gasteiger partial charge in [0.25, 0.3) is 11.5 Å². The molecule has 0 aromatic carbocycles. The minimum Gasteiger partial charge on any atom is -0.369 e. The Bertz CT molecular complexity index is 1150. The summed E-state index contributed by atoms with van der Waals surface area (Å²) in [4.78, 5) is 38.4. The fraction of sp³-hybridized carbons (Fsp3) is 0.421. The first-order valence-corrected chi connectivity index (χ1v) is 9.43. The summed E-state index contributed by atoms with van der Waals surface area (Å²) in [6, 6.07) is 1.84. The second-order valence-electron chi connectivity index (χ2n) is 7.75. The van der Waals surface area contributed by atoms with E-state index in [0.717, 1.165) is 41.6 Å².